The molecule has 11 aromatic rings. The second kappa shape index (κ2) is 11.8. The number of para-hydroxylation sites is 1. The second-order valence-corrected chi connectivity index (χ2v) is 13.9. The fourth-order valence-corrected chi connectivity index (χ4v) is 8.49. The second-order valence-electron chi connectivity index (χ2n) is 13.9. The van der Waals surface area contributed by atoms with Crippen LogP contribution in [-0.4, -0.2) is 9.55 Å². The first-order valence-corrected chi connectivity index (χ1v) is 18.2. The van der Waals surface area contributed by atoms with Crippen molar-refractivity contribution >= 4 is 65.0 Å². The molecule has 0 aliphatic carbocycles. The topological polar surface area (TPSA) is 17.8 Å². The molecule has 2 nitrogen and oxygen atoms in total. The zero-order valence-electron chi connectivity index (χ0n) is 28.9. The summed E-state index contributed by atoms with van der Waals surface area (Å²) in [6.45, 7) is 0. The van der Waals surface area contributed by atoms with Crippen LogP contribution in [-0.2, 0) is 0 Å². The molecule has 2 aromatic heterocycles. The van der Waals surface area contributed by atoms with Gasteiger partial charge in [0.05, 0.1) is 22.2 Å². The van der Waals surface area contributed by atoms with Crippen LogP contribution in [0, 0.1) is 0 Å². The van der Waals surface area contributed by atoms with Gasteiger partial charge in [0.25, 0.3) is 0 Å². The summed E-state index contributed by atoms with van der Waals surface area (Å²) in [4.78, 5) is 5.27. The highest BCUT2D eigenvalue weighted by atomic mass is 15.0. The van der Waals surface area contributed by atoms with E-state index in [0.29, 0.717) is 0 Å². The lowest BCUT2D eigenvalue weighted by Crippen LogP contribution is -1.97. The van der Waals surface area contributed by atoms with Gasteiger partial charge in [0, 0.05) is 16.6 Å². The Balaban J connectivity index is 1.24. The van der Waals surface area contributed by atoms with Crippen LogP contribution in [0.3, 0.4) is 0 Å². The van der Waals surface area contributed by atoms with Crippen molar-refractivity contribution in [3.63, 3.8) is 0 Å². The van der Waals surface area contributed by atoms with E-state index < -0.39 is 0 Å². The van der Waals surface area contributed by atoms with Crippen molar-refractivity contribution in [1.29, 1.82) is 0 Å². The Morgan fingerprint density at radius 2 is 0.868 bits per heavy atom. The number of fused-ring (bicyclic) bond motifs is 7. The predicted molar refractivity (Wildman–Crippen MR) is 225 cm³/mol. The zero-order valence-corrected chi connectivity index (χ0v) is 28.9. The fraction of sp³-hybridized carbons (Fsp3) is 0. The van der Waals surface area contributed by atoms with Crippen molar-refractivity contribution in [2.24, 2.45) is 0 Å². The van der Waals surface area contributed by atoms with Crippen LogP contribution in [0.25, 0.3) is 104 Å². The Bertz CT molecular complexity index is 3220. The summed E-state index contributed by atoms with van der Waals surface area (Å²) in [7, 11) is 0. The fourth-order valence-electron chi connectivity index (χ4n) is 8.49. The maximum atomic E-state index is 5.27. The summed E-state index contributed by atoms with van der Waals surface area (Å²) in [5.74, 6) is 0. The van der Waals surface area contributed by atoms with Gasteiger partial charge in [0.15, 0.2) is 0 Å². The lowest BCUT2D eigenvalue weighted by atomic mass is 9.85. The molecule has 0 fully saturated rings. The molecule has 2 heterocycles. The molecule has 0 radical (unpaired) electrons. The summed E-state index contributed by atoms with van der Waals surface area (Å²) in [5.41, 5.74) is 11.4. The molecule has 11 rings (SSSR count). The SMILES string of the molecule is c1ccc(-c2ccc3c(n2)c2ccccc2n3-c2ccc3c(-c4ccc5ccccc5c4)c4ccccc4c(-c4ccc5ccccc5c4)c3c2)cc1. The van der Waals surface area contributed by atoms with E-state index in [1.54, 1.807) is 0 Å². The quantitative estimate of drug-likeness (QED) is 0.170. The van der Waals surface area contributed by atoms with Crippen LogP contribution in [0.15, 0.2) is 194 Å². The molecule has 0 N–H and O–H groups in total. The standard InChI is InChI=1S/C51H32N2/c1-2-14-35(15-3-1)46-28-29-48-51(52-46)44-20-10-11-21-47(44)53(48)40-26-27-43-45(32-40)50(39-25-23-34-13-5-7-17-37(34)31-39)42-19-9-8-18-41(42)49(43)38-24-22-33-12-4-6-16-36(33)30-38/h1-32H. The summed E-state index contributed by atoms with van der Waals surface area (Å²) in [5, 5.41) is 11.1. The number of nitrogens with zero attached hydrogens (tertiary/aromatic N) is 2. The summed E-state index contributed by atoms with van der Waals surface area (Å²) in [6.07, 6.45) is 0. The van der Waals surface area contributed by atoms with E-state index >= 15 is 0 Å². The number of hydrogen-bond donors (Lipinski definition) is 0. The van der Waals surface area contributed by atoms with Crippen molar-refractivity contribution in [3.8, 4) is 39.2 Å². The third-order valence-corrected chi connectivity index (χ3v) is 10.9. The van der Waals surface area contributed by atoms with Gasteiger partial charge in [-0.25, -0.2) is 4.98 Å². The van der Waals surface area contributed by atoms with Crippen molar-refractivity contribution < 1.29 is 0 Å². The molecule has 0 bridgehead atoms. The highest BCUT2D eigenvalue weighted by Gasteiger charge is 2.20. The van der Waals surface area contributed by atoms with E-state index in [1.807, 2.05) is 0 Å². The van der Waals surface area contributed by atoms with Gasteiger partial charge in [-0.1, -0.05) is 152 Å². The number of benzene rings is 9. The van der Waals surface area contributed by atoms with Crippen molar-refractivity contribution in [3.05, 3.63) is 194 Å². The number of hydrogen-bond acceptors (Lipinski definition) is 1. The van der Waals surface area contributed by atoms with E-state index in [2.05, 4.69) is 199 Å². The van der Waals surface area contributed by atoms with Crippen LogP contribution in [0.2, 0.25) is 0 Å². The lowest BCUT2D eigenvalue weighted by Gasteiger charge is -2.20. The summed E-state index contributed by atoms with van der Waals surface area (Å²) in [6, 6.07) is 70.6. The van der Waals surface area contributed by atoms with E-state index in [0.717, 1.165) is 38.9 Å². The van der Waals surface area contributed by atoms with Gasteiger partial charge in [0.2, 0.25) is 0 Å². The molecule has 0 amide bonds. The Morgan fingerprint density at radius 3 is 1.55 bits per heavy atom. The third-order valence-electron chi connectivity index (χ3n) is 10.9. The van der Waals surface area contributed by atoms with Crippen LogP contribution in [0.1, 0.15) is 0 Å². The molecule has 0 saturated heterocycles. The number of pyridine rings is 1. The molecule has 0 saturated carbocycles. The molecular formula is C51H32N2. The van der Waals surface area contributed by atoms with E-state index in [4.69, 9.17) is 4.98 Å². The molecule has 0 aliphatic heterocycles. The summed E-state index contributed by atoms with van der Waals surface area (Å²) >= 11 is 0. The van der Waals surface area contributed by atoms with Crippen molar-refractivity contribution in [2.45, 2.75) is 0 Å². The van der Waals surface area contributed by atoms with Gasteiger partial charge in [-0.05, 0) is 108 Å². The average molecular weight is 673 g/mol. The van der Waals surface area contributed by atoms with Crippen LogP contribution in [0.5, 0.6) is 0 Å². The van der Waals surface area contributed by atoms with Crippen LogP contribution >= 0.6 is 0 Å². The maximum absolute atomic E-state index is 5.27. The molecule has 0 spiro atoms. The van der Waals surface area contributed by atoms with E-state index in [9.17, 15) is 0 Å². The van der Waals surface area contributed by atoms with Crippen LogP contribution < -0.4 is 0 Å². The highest BCUT2D eigenvalue weighted by Crippen LogP contribution is 2.46. The molecule has 246 valence electrons. The first-order valence-electron chi connectivity index (χ1n) is 18.2. The Labute approximate surface area is 306 Å². The molecule has 9 aromatic carbocycles. The van der Waals surface area contributed by atoms with E-state index in [-0.39, 0.29) is 0 Å². The summed E-state index contributed by atoms with van der Waals surface area (Å²) < 4.78 is 2.39. The first kappa shape index (κ1) is 29.7. The van der Waals surface area contributed by atoms with Gasteiger partial charge < -0.3 is 4.57 Å². The Kier molecular flexibility index (Phi) is 6.59. The maximum Gasteiger partial charge on any atom is 0.0970 e. The van der Waals surface area contributed by atoms with Gasteiger partial charge in [-0.2, -0.15) is 0 Å². The smallest absolute Gasteiger partial charge is 0.0970 e. The minimum absolute atomic E-state index is 0.976. The van der Waals surface area contributed by atoms with Crippen LogP contribution in [0.4, 0.5) is 0 Å². The predicted octanol–water partition coefficient (Wildman–Crippen LogP) is 13.8. The van der Waals surface area contributed by atoms with Gasteiger partial charge in [0.1, 0.15) is 0 Å². The molecule has 0 atom stereocenters. The monoisotopic (exact) mass is 672 g/mol. The molecule has 0 unspecified atom stereocenters. The molecular weight excluding hydrogens is 641 g/mol. The molecule has 53 heavy (non-hydrogen) atoms. The first-order chi connectivity index (χ1) is 26.3. The molecule has 2 heteroatoms. The van der Waals surface area contributed by atoms with Gasteiger partial charge in [-0.15, -0.1) is 0 Å². The number of aromatic nitrogens is 2. The Morgan fingerprint density at radius 1 is 0.321 bits per heavy atom. The normalized spacial score (nSPS) is 11.8. The Hall–Kier alpha value is -7.03. The van der Waals surface area contributed by atoms with Gasteiger partial charge in [-0.3, -0.25) is 0 Å². The zero-order chi connectivity index (χ0) is 34.9. The van der Waals surface area contributed by atoms with Crippen molar-refractivity contribution in [2.75, 3.05) is 0 Å². The highest BCUT2D eigenvalue weighted by molar-refractivity contribution is 6.22. The van der Waals surface area contributed by atoms with Crippen molar-refractivity contribution in [1.82, 2.24) is 9.55 Å². The number of rotatable bonds is 4. The minimum atomic E-state index is 0.976. The van der Waals surface area contributed by atoms with E-state index in [1.165, 1.54) is 65.3 Å². The lowest BCUT2D eigenvalue weighted by molar-refractivity contribution is 1.18. The third kappa shape index (κ3) is 4.70. The minimum Gasteiger partial charge on any atom is -0.308 e. The van der Waals surface area contributed by atoms with Gasteiger partial charge >= 0.3 is 0 Å². The largest absolute Gasteiger partial charge is 0.308 e. The average Bonchev–Trinajstić information content (AvgIpc) is 3.56. The molecule has 0 aliphatic rings.